The molecule has 1 fully saturated rings. The second kappa shape index (κ2) is 5.87. The molecule has 20 heavy (non-hydrogen) atoms. The number of hydrogen-bond acceptors (Lipinski definition) is 3. The number of nitrogens with two attached hydrogens (primary N) is 1. The van der Waals surface area contributed by atoms with Crippen LogP contribution in [0.2, 0.25) is 0 Å². The third kappa shape index (κ3) is 2.98. The molecule has 1 aromatic carbocycles. The Labute approximate surface area is 122 Å². The average Bonchev–Trinajstić information content (AvgIpc) is 3.09. The van der Waals surface area contributed by atoms with Crippen molar-refractivity contribution in [1.29, 1.82) is 0 Å². The number of thioether (sulfide) groups is 1. The van der Waals surface area contributed by atoms with Crippen LogP contribution < -0.4 is 5.73 Å². The summed E-state index contributed by atoms with van der Waals surface area (Å²) in [7, 11) is 0. The molecule has 1 aliphatic rings. The number of halogens is 1. The fourth-order valence-electron chi connectivity index (χ4n) is 2.58. The predicted octanol–water partition coefficient (Wildman–Crippen LogP) is 4.01. The van der Waals surface area contributed by atoms with Crippen LogP contribution >= 0.6 is 11.8 Å². The molecule has 0 amide bonds. The normalized spacial score (nSPS) is 15.8. The van der Waals surface area contributed by atoms with E-state index < -0.39 is 0 Å². The first-order valence-corrected chi connectivity index (χ1v) is 7.93. The SMILES string of the molecule is Nc1ccc(SCc2ccn(C3CCCC3)n2)cc1F. The molecule has 2 aromatic rings. The van der Waals surface area contributed by atoms with Crippen LogP contribution in [0.5, 0.6) is 0 Å². The first-order chi connectivity index (χ1) is 9.72. The summed E-state index contributed by atoms with van der Waals surface area (Å²) in [6.07, 6.45) is 7.14. The van der Waals surface area contributed by atoms with Crippen LogP contribution in [-0.4, -0.2) is 9.78 Å². The van der Waals surface area contributed by atoms with Crippen LogP contribution in [0, 0.1) is 5.82 Å². The van der Waals surface area contributed by atoms with Crippen molar-refractivity contribution >= 4 is 17.4 Å². The molecule has 5 heteroatoms. The number of nitrogens with zero attached hydrogens (tertiary/aromatic N) is 2. The number of benzene rings is 1. The van der Waals surface area contributed by atoms with Crippen LogP contribution in [0.3, 0.4) is 0 Å². The van der Waals surface area contributed by atoms with Crippen molar-refractivity contribution in [2.45, 2.75) is 42.4 Å². The molecule has 1 aromatic heterocycles. The summed E-state index contributed by atoms with van der Waals surface area (Å²) < 4.78 is 15.4. The fraction of sp³-hybridized carbons (Fsp3) is 0.400. The van der Waals surface area contributed by atoms with Crippen LogP contribution in [0.15, 0.2) is 35.4 Å². The van der Waals surface area contributed by atoms with Gasteiger partial charge in [-0.25, -0.2) is 4.39 Å². The number of nitrogen functional groups attached to an aromatic ring is 1. The van der Waals surface area contributed by atoms with Gasteiger partial charge in [0.2, 0.25) is 0 Å². The Morgan fingerprint density at radius 2 is 2.10 bits per heavy atom. The Morgan fingerprint density at radius 1 is 1.30 bits per heavy atom. The van der Waals surface area contributed by atoms with Gasteiger partial charge in [-0.3, -0.25) is 4.68 Å². The van der Waals surface area contributed by atoms with Gasteiger partial charge in [0.25, 0.3) is 0 Å². The molecule has 106 valence electrons. The van der Waals surface area contributed by atoms with Crippen molar-refractivity contribution < 1.29 is 4.39 Å². The summed E-state index contributed by atoms with van der Waals surface area (Å²) in [5, 5.41) is 4.62. The van der Waals surface area contributed by atoms with Gasteiger partial charge in [0.15, 0.2) is 0 Å². The van der Waals surface area contributed by atoms with E-state index in [2.05, 4.69) is 22.0 Å². The molecular formula is C15H18FN3S. The Hall–Kier alpha value is -1.49. The zero-order valence-corrected chi connectivity index (χ0v) is 12.1. The lowest BCUT2D eigenvalue weighted by Crippen LogP contribution is -2.05. The fourth-order valence-corrected chi connectivity index (χ4v) is 3.40. The first-order valence-electron chi connectivity index (χ1n) is 6.94. The van der Waals surface area contributed by atoms with E-state index >= 15 is 0 Å². The largest absolute Gasteiger partial charge is 0.396 e. The highest BCUT2D eigenvalue weighted by atomic mass is 32.2. The molecule has 1 heterocycles. The zero-order valence-electron chi connectivity index (χ0n) is 11.3. The molecule has 0 radical (unpaired) electrons. The smallest absolute Gasteiger partial charge is 0.147 e. The molecule has 1 saturated carbocycles. The number of hydrogen-bond donors (Lipinski definition) is 1. The quantitative estimate of drug-likeness (QED) is 0.683. The number of aromatic nitrogens is 2. The van der Waals surface area contributed by atoms with Gasteiger partial charge < -0.3 is 5.73 Å². The Morgan fingerprint density at radius 3 is 2.85 bits per heavy atom. The average molecular weight is 291 g/mol. The molecule has 0 atom stereocenters. The predicted molar refractivity (Wildman–Crippen MR) is 80.1 cm³/mol. The van der Waals surface area contributed by atoms with Crippen LogP contribution in [-0.2, 0) is 5.75 Å². The van der Waals surface area contributed by atoms with Gasteiger partial charge in [0, 0.05) is 16.8 Å². The molecule has 3 nitrogen and oxygen atoms in total. The molecule has 0 spiro atoms. The van der Waals surface area contributed by atoms with E-state index in [1.807, 2.05) is 6.07 Å². The van der Waals surface area contributed by atoms with Crippen molar-refractivity contribution in [1.82, 2.24) is 9.78 Å². The third-order valence-electron chi connectivity index (χ3n) is 3.72. The van der Waals surface area contributed by atoms with E-state index in [1.165, 1.54) is 31.7 Å². The van der Waals surface area contributed by atoms with Gasteiger partial charge in [-0.2, -0.15) is 5.10 Å². The molecule has 0 bridgehead atoms. The standard InChI is InChI=1S/C15H18FN3S/c16-14-9-13(5-6-15(14)17)20-10-11-7-8-19(18-11)12-3-1-2-4-12/h5-9,12H,1-4,10,17H2. The number of rotatable bonds is 4. The van der Waals surface area contributed by atoms with Crippen LogP contribution in [0.4, 0.5) is 10.1 Å². The highest BCUT2D eigenvalue weighted by Gasteiger charge is 2.17. The van der Waals surface area contributed by atoms with Crippen molar-refractivity contribution in [3.8, 4) is 0 Å². The van der Waals surface area contributed by atoms with Crippen molar-refractivity contribution in [3.63, 3.8) is 0 Å². The maximum Gasteiger partial charge on any atom is 0.147 e. The molecule has 2 N–H and O–H groups in total. The minimum Gasteiger partial charge on any atom is -0.396 e. The molecule has 3 rings (SSSR count). The Kier molecular flexibility index (Phi) is 3.96. The Bertz CT molecular complexity index is 591. The topological polar surface area (TPSA) is 43.8 Å². The minimum absolute atomic E-state index is 0.194. The second-order valence-electron chi connectivity index (χ2n) is 5.20. The molecule has 0 aliphatic heterocycles. The van der Waals surface area contributed by atoms with Gasteiger partial charge in [0.1, 0.15) is 5.82 Å². The highest BCUT2D eigenvalue weighted by molar-refractivity contribution is 7.98. The molecular weight excluding hydrogens is 273 g/mol. The summed E-state index contributed by atoms with van der Waals surface area (Å²) in [6.45, 7) is 0. The summed E-state index contributed by atoms with van der Waals surface area (Å²) in [5.74, 6) is 0.398. The second-order valence-corrected chi connectivity index (χ2v) is 6.25. The van der Waals surface area contributed by atoms with E-state index in [4.69, 9.17) is 5.73 Å². The van der Waals surface area contributed by atoms with Crippen LogP contribution in [0.25, 0.3) is 0 Å². The molecule has 1 aliphatic carbocycles. The van der Waals surface area contributed by atoms with E-state index in [0.717, 1.165) is 16.3 Å². The maximum atomic E-state index is 13.4. The third-order valence-corrected chi connectivity index (χ3v) is 4.75. The zero-order chi connectivity index (χ0) is 13.9. The van der Waals surface area contributed by atoms with Crippen molar-refractivity contribution in [2.75, 3.05) is 5.73 Å². The van der Waals surface area contributed by atoms with Gasteiger partial charge >= 0.3 is 0 Å². The van der Waals surface area contributed by atoms with E-state index in [0.29, 0.717) is 6.04 Å². The molecule has 0 saturated heterocycles. The number of anilines is 1. The van der Waals surface area contributed by atoms with Gasteiger partial charge in [0.05, 0.1) is 17.4 Å². The lowest BCUT2D eigenvalue weighted by atomic mass is 10.3. The monoisotopic (exact) mass is 291 g/mol. The van der Waals surface area contributed by atoms with Gasteiger partial charge in [-0.05, 0) is 37.1 Å². The lowest BCUT2D eigenvalue weighted by molar-refractivity contribution is 0.464. The lowest BCUT2D eigenvalue weighted by Gasteiger charge is -2.08. The summed E-state index contributed by atoms with van der Waals surface area (Å²) in [4.78, 5) is 0.882. The van der Waals surface area contributed by atoms with Gasteiger partial charge in [-0.1, -0.05) is 12.8 Å². The molecule has 0 unspecified atom stereocenters. The Balaban J connectivity index is 1.61. The van der Waals surface area contributed by atoms with Crippen molar-refractivity contribution in [2.24, 2.45) is 0 Å². The summed E-state index contributed by atoms with van der Waals surface area (Å²) in [6, 6.07) is 7.56. The van der Waals surface area contributed by atoms with Crippen LogP contribution in [0.1, 0.15) is 37.4 Å². The highest BCUT2D eigenvalue weighted by Crippen LogP contribution is 2.30. The van der Waals surface area contributed by atoms with E-state index in [-0.39, 0.29) is 11.5 Å². The van der Waals surface area contributed by atoms with Gasteiger partial charge in [-0.15, -0.1) is 11.8 Å². The van der Waals surface area contributed by atoms with E-state index in [1.54, 1.807) is 17.8 Å². The minimum atomic E-state index is -0.355. The summed E-state index contributed by atoms with van der Waals surface area (Å²) in [5.41, 5.74) is 6.70. The maximum absolute atomic E-state index is 13.4. The van der Waals surface area contributed by atoms with E-state index in [9.17, 15) is 4.39 Å². The first kappa shape index (κ1) is 13.5. The summed E-state index contributed by atoms with van der Waals surface area (Å²) >= 11 is 1.58. The van der Waals surface area contributed by atoms with Crippen molar-refractivity contribution in [3.05, 3.63) is 42.0 Å².